The maximum absolute atomic E-state index is 12.1. The van der Waals surface area contributed by atoms with Gasteiger partial charge in [-0.15, -0.1) is 0 Å². The lowest BCUT2D eigenvalue weighted by atomic mass is 10.1. The Morgan fingerprint density at radius 3 is 1.82 bits per heavy atom. The van der Waals surface area contributed by atoms with E-state index in [9.17, 15) is 9.59 Å². The van der Waals surface area contributed by atoms with Crippen LogP contribution in [0.4, 0.5) is 17.2 Å². The van der Waals surface area contributed by atoms with Crippen molar-refractivity contribution < 1.29 is 9.59 Å². The molecule has 1 aromatic carbocycles. The second-order valence-corrected chi connectivity index (χ2v) is 10.2. The summed E-state index contributed by atoms with van der Waals surface area (Å²) in [4.78, 5) is 27.4. The molecule has 4 rings (SSSR count). The molecule has 33 heavy (non-hydrogen) atoms. The number of amides is 1. The second-order valence-electron chi connectivity index (χ2n) is 10.2. The summed E-state index contributed by atoms with van der Waals surface area (Å²) in [5, 5.41) is 6.21. The van der Waals surface area contributed by atoms with E-state index in [0.29, 0.717) is 23.5 Å². The Morgan fingerprint density at radius 1 is 0.909 bits per heavy atom. The standard InChI is InChI=1S/C18H21N3O.C8H14O.C2H6/c1-12-4-9-16(19-11-12)20-13-5-7-14(8-6-13)21-17(22)15-10-18(15,2)3;1-4-7(9)6-5-8(6,2)3;1-2/h4-9,11,15H,10H2,1-3H3,(H,19,20)(H,21,22);6H,4-5H2,1-3H3;1-2H3. The number of nitrogens with zero attached hydrogens (tertiary/aromatic N) is 1. The quantitative estimate of drug-likeness (QED) is 0.489. The average Bonchev–Trinajstić information content (AvgIpc) is 3.65. The largest absolute Gasteiger partial charge is 0.340 e. The summed E-state index contributed by atoms with van der Waals surface area (Å²) in [6.45, 7) is 16.5. The van der Waals surface area contributed by atoms with Gasteiger partial charge in [-0.05, 0) is 66.5 Å². The zero-order valence-electron chi connectivity index (χ0n) is 21.6. The summed E-state index contributed by atoms with van der Waals surface area (Å²) < 4.78 is 0. The van der Waals surface area contributed by atoms with Gasteiger partial charge in [-0.3, -0.25) is 9.59 Å². The molecule has 2 atom stereocenters. The number of carbonyl (C=O) groups is 2. The molecule has 0 radical (unpaired) electrons. The summed E-state index contributed by atoms with van der Waals surface area (Å²) >= 11 is 0. The molecule has 5 nitrogen and oxygen atoms in total. The Morgan fingerprint density at radius 2 is 1.42 bits per heavy atom. The van der Waals surface area contributed by atoms with Crippen LogP contribution in [0, 0.1) is 29.6 Å². The topological polar surface area (TPSA) is 71.1 Å². The Kier molecular flexibility index (Phi) is 8.82. The molecule has 1 aromatic heterocycles. The van der Waals surface area contributed by atoms with Gasteiger partial charge in [-0.1, -0.05) is 54.5 Å². The minimum absolute atomic E-state index is 0.117. The predicted molar refractivity (Wildman–Crippen MR) is 138 cm³/mol. The van der Waals surface area contributed by atoms with Crippen LogP contribution in [0.15, 0.2) is 42.6 Å². The van der Waals surface area contributed by atoms with Crippen molar-refractivity contribution in [1.82, 2.24) is 4.98 Å². The molecule has 0 bridgehead atoms. The van der Waals surface area contributed by atoms with Gasteiger partial charge in [0.2, 0.25) is 5.91 Å². The number of carbonyl (C=O) groups excluding carboxylic acids is 2. The number of hydrogen-bond donors (Lipinski definition) is 2. The number of ketones is 1. The van der Waals surface area contributed by atoms with E-state index in [4.69, 9.17) is 0 Å². The first-order valence-electron chi connectivity index (χ1n) is 12.1. The third kappa shape index (κ3) is 7.69. The van der Waals surface area contributed by atoms with Gasteiger partial charge >= 0.3 is 0 Å². The van der Waals surface area contributed by atoms with Crippen molar-refractivity contribution in [3.05, 3.63) is 48.2 Å². The molecule has 0 spiro atoms. The predicted octanol–water partition coefficient (Wildman–Crippen LogP) is 7.16. The van der Waals surface area contributed by atoms with Gasteiger partial charge in [0, 0.05) is 35.8 Å². The smallest absolute Gasteiger partial charge is 0.228 e. The van der Waals surface area contributed by atoms with E-state index in [1.807, 2.05) is 70.3 Å². The molecule has 0 aliphatic heterocycles. The van der Waals surface area contributed by atoms with Crippen molar-refractivity contribution in [3.8, 4) is 0 Å². The van der Waals surface area contributed by atoms with Crippen LogP contribution in [-0.2, 0) is 9.59 Å². The lowest BCUT2D eigenvalue weighted by molar-refractivity contribution is -0.120. The molecular formula is C28H41N3O2. The summed E-state index contributed by atoms with van der Waals surface area (Å²) in [6.07, 6.45) is 4.62. The second kappa shape index (κ2) is 11.0. The fraction of sp³-hybridized carbons (Fsp3) is 0.536. The number of Topliss-reactive ketones (excluding diaryl/α,β-unsaturated/α-hetero) is 1. The number of aryl methyl sites for hydroxylation is 1. The summed E-state index contributed by atoms with van der Waals surface area (Å²) in [7, 11) is 0. The fourth-order valence-electron chi connectivity index (χ4n) is 3.73. The highest BCUT2D eigenvalue weighted by molar-refractivity contribution is 5.95. The number of hydrogen-bond acceptors (Lipinski definition) is 4. The number of rotatable bonds is 6. The van der Waals surface area contributed by atoms with Crippen molar-refractivity contribution in [2.75, 3.05) is 10.6 Å². The fourth-order valence-corrected chi connectivity index (χ4v) is 3.73. The first kappa shape index (κ1) is 26.6. The molecule has 2 unspecified atom stereocenters. The van der Waals surface area contributed by atoms with E-state index in [-0.39, 0.29) is 17.2 Å². The Labute approximate surface area is 199 Å². The number of nitrogens with one attached hydrogen (secondary N) is 2. The van der Waals surface area contributed by atoms with Crippen LogP contribution < -0.4 is 10.6 Å². The van der Waals surface area contributed by atoms with Crippen LogP contribution in [0.1, 0.15) is 73.3 Å². The van der Waals surface area contributed by atoms with Crippen molar-refractivity contribution >= 4 is 28.9 Å². The lowest BCUT2D eigenvalue weighted by Crippen LogP contribution is -2.16. The van der Waals surface area contributed by atoms with E-state index in [0.717, 1.165) is 35.6 Å². The minimum Gasteiger partial charge on any atom is -0.340 e. The normalized spacial score (nSPS) is 20.7. The van der Waals surface area contributed by atoms with Crippen molar-refractivity contribution in [1.29, 1.82) is 0 Å². The molecule has 2 aromatic rings. The molecule has 2 aliphatic carbocycles. The van der Waals surface area contributed by atoms with Crippen LogP contribution in [0.3, 0.4) is 0 Å². The van der Waals surface area contributed by atoms with Crippen molar-refractivity contribution in [2.24, 2.45) is 22.7 Å². The Hall–Kier alpha value is -2.69. The van der Waals surface area contributed by atoms with Crippen LogP contribution in [0.25, 0.3) is 0 Å². The average molecular weight is 452 g/mol. The first-order chi connectivity index (χ1) is 15.5. The highest BCUT2D eigenvalue weighted by atomic mass is 16.2. The van der Waals surface area contributed by atoms with Gasteiger partial charge < -0.3 is 10.6 Å². The number of pyridine rings is 1. The maximum atomic E-state index is 12.1. The zero-order valence-corrected chi connectivity index (χ0v) is 21.6. The Bertz CT molecular complexity index is 931. The maximum Gasteiger partial charge on any atom is 0.228 e. The van der Waals surface area contributed by atoms with Crippen molar-refractivity contribution in [3.63, 3.8) is 0 Å². The molecule has 180 valence electrons. The SMILES string of the molecule is CC.CCC(=O)C1CC1(C)C.Cc1ccc(Nc2ccc(NC(=O)C3CC3(C)C)cc2)nc1. The summed E-state index contributed by atoms with van der Waals surface area (Å²) in [5.74, 6) is 1.90. The van der Waals surface area contributed by atoms with Gasteiger partial charge in [0.15, 0.2) is 0 Å². The molecule has 1 amide bonds. The number of benzene rings is 1. The van der Waals surface area contributed by atoms with Crippen LogP contribution >= 0.6 is 0 Å². The lowest BCUT2D eigenvalue weighted by Gasteiger charge is -2.09. The highest BCUT2D eigenvalue weighted by Crippen LogP contribution is 2.52. The molecule has 5 heteroatoms. The molecule has 2 aliphatic rings. The summed E-state index contributed by atoms with van der Waals surface area (Å²) in [6, 6.07) is 11.7. The molecule has 2 N–H and O–H groups in total. The monoisotopic (exact) mass is 451 g/mol. The van der Waals surface area contributed by atoms with E-state index in [1.165, 1.54) is 0 Å². The van der Waals surface area contributed by atoms with E-state index in [2.05, 4.69) is 43.3 Å². The van der Waals surface area contributed by atoms with Crippen LogP contribution in [0.2, 0.25) is 0 Å². The van der Waals surface area contributed by atoms with Gasteiger partial charge in [-0.25, -0.2) is 4.98 Å². The molecule has 0 saturated heterocycles. The van der Waals surface area contributed by atoms with Gasteiger partial charge in [0.1, 0.15) is 11.6 Å². The van der Waals surface area contributed by atoms with Gasteiger partial charge in [0.25, 0.3) is 0 Å². The van der Waals surface area contributed by atoms with E-state index >= 15 is 0 Å². The van der Waals surface area contributed by atoms with Crippen molar-refractivity contribution in [2.45, 2.75) is 74.7 Å². The zero-order chi connectivity index (χ0) is 24.8. The minimum atomic E-state index is 0.117. The summed E-state index contributed by atoms with van der Waals surface area (Å²) in [5.41, 5.74) is 3.40. The number of aromatic nitrogens is 1. The molecule has 2 fully saturated rings. The van der Waals surface area contributed by atoms with E-state index in [1.54, 1.807) is 0 Å². The third-order valence-electron chi connectivity index (χ3n) is 6.42. The van der Waals surface area contributed by atoms with Gasteiger partial charge in [0.05, 0.1) is 0 Å². The van der Waals surface area contributed by atoms with Crippen LogP contribution in [0.5, 0.6) is 0 Å². The Balaban J connectivity index is 0.000000293. The highest BCUT2D eigenvalue weighted by Gasteiger charge is 2.50. The molecule has 2 saturated carbocycles. The first-order valence-corrected chi connectivity index (χ1v) is 12.1. The molecular weight excluding hydrogens is 410 g/mol. The third-order valence-corrected chi connectivity index (χ3v) is 6.42. The molecule has 1 heterocycles. The van der Waals surface area contributed by atoms with Crippen LogP contribution in [-0.4, -0.2) is 16.7 Å². The van der Waals surface area contributed by atoms with Gasteiger partial charge in [-0.2, -0.15) is 0 Å². The van der Waals surface area contributed by atoms with E-state index < -0.39 is 0 Å². The number of anilines is 3.